The van der Waals surface area contributed by atoms with Crippen LogP contribution in [0.2, 0.25) is 0 Å². The highest BCUT2D eigenvalue weighted by molar-refractivity contribution is 5.78. The molecule has 2 aromatic carbocycles. The van der Waals surface area contributed by atoms with Crippen LogP contribution in [-0.4, -0.2) is 54.7 Å². The van der Waals surface area contributed by atoms with Crippen molar-refractivity contribution in [3.63, 3.8) is 0 Å². The van der Waals surface area contributed by atoms with Crippen molar-refractivity contribution in [2.75, 3.05) is 37.6 Å². The van der Waals surface area contributed by atoms with E-state index >= 15 is 0 Å². The van der Waals surface area contributed by atoms with Gasteiger partial charge in [-0.2, -0.15) is 0 Å². The molecule has 27 heavy (non-hydrogen) atoms. The Labute approximate surface area is 161 Å². The van der Waals surface area contributed by atoms with Crippen LogP contribution in [0.5, 0.6) is 5.75 Å². The number of anilines is 1. The Bertz CT molecular complexity index is 752. The van der Waals surface area contributed by atoms with Crippen molar-refractivity contribution in [2.45, 2.75) is 26.3 Å². The van der Waals surface area contributed by atoms with Crippen LogP contribution in [0, 0.1) is 6.92 Å². The number of nitrogens with zero attached hydrogens (tertiary/aromatic N) is 2. The minimum atomic E-state index is 0.0918. The number of carbonyl (C=O) groups excluding carboxylic acids is 1. The Morgan fingerprint density at radius 1 is 1.07 bits per heavy atom. The van der Waals surface area contributed by atoms with Crippen LogP contribution in [0.1, 0.15) is 18.1 Å². The smallest absolute Gasteiger partial charge is 0.234 e. The standard InChI is InChI=1S/C22H29N3O2/c1-17-5-3-4-6-19(17)15-18(2)23-22(27)16-24-11-13-25(14-12-24)20-7-9-21(26)10-8-20/h3-10,18,26H,11-16H2,1-2H3,(H,23,27). The number of phenols is 1. The second-order valence-corrected chi connectivity index (χ2v) is 7.38. The van der Waals surface area contributed by atoms with E-state index in [1.54, 1.807) is 12.1 Å². The lowest BCUT2D eigenvalue weighted by Gasteiger charge is -2.35. The van der Waals surface area contributed by atoms with E-state index in [9.17, 15) is 9.90 Å². The second-order valence-electron chi connectivity index (χ2n) is 7.38. The molecule has 2 aromatic rings. The van der Waals surface area contributed by atoms with Gasteiger partial charge in [0.15, 0.2) is 0 Å². The molecule has 1 unspecified atom stereocenters. The van der Waals surface area contributed by atoms with Gasteiger partial charge in [0, 0.05) is 37.9 Å². The van der Waals surface area contributed by atoms with Gasteiger partial charge >= 0.3 is 0 Å². The van der Waals surface area contributed by atoms with Crippen LogP contribution in [0.15, 0.2) is 48.5 Å². The number of amides is 1. The Morgan fingerprint density at radius 3 is 2.41 bits per heavy atom. The Hall–Kier alpha value is -2.53. The number of rotatable bonds is 6. The first-order valence-corrected chi connectivity index (χ1v) is 9.61. The molecule has 0 aromatic heterocycles. The van der Waals surface area contributed by atoms with Crippen molar-refractivity contribution in [2.24, 2.45) is 0 Å². The van der Waals surface area contributed by atoms with Gasteiger partial charge in [0.1, 0.15) is 5.75 Å². The van der Waals surface area contributed by atoms with E-state index in [2.05, 4.69) is 41.1 Å². The molecule has 0 aliphatic carbocycles. The van der Waals surface area contributed by atoms with Gasteiger partial charge in [-0.05, 0) is 55.7 Å². The third-order valence-electron chi connectivity index (χ3n) is 5.15. The van der Waals surface area contributed by atoms with E-state index < -0.39 is 0 Å². The molecule has 5 heteroatoms. The summed E-state index contributed by atoms with van der Waals surface area (Å²) in [5.41, 5.74) is 3.67. The minimum Gasteiger partial charge on any atom is -0.508 e. The van der Waals surface area contributed by atoms with E-state index in [1.165, 1.54) is 11.1 Å². The van der Waals surface area contributed by atoms with Crippen LogP contribution in [0.4, 0.5) is 5.69 Å². The highest BCUT2D eigenvalue weighted by Crippen LogP contribution is 2.19. The van der Waals surface area contributed by atoms with E-state index in [4.69, 9.17) is 0 Å². The number of piperazine rings is 1. The molecule has 144 valence electrons. The van der Waals surface area contributed by atoms with E-state index in [0.29, 0.717) is 6.54 Å². The average molecular weight is 367 g/mol. The van der Waals surface area contributed by atoms with Gasteiger partial charge < -0.3 is 15.3 Å². The van der Waals surface area contributed by atoms with Gasteiger partial charge in [0.25, 0.3) is 0 Å². The van der Waals surface area contributed by atoms with E-state index in [0.717, 1.165) is 38.3 Å². The lowest BCUT2D eigenvalue weighted by molar-refractivity contribution is -0.122. The molecule has 1 amide bonds. The molecule has 3 rings (SSSR count). The third-order valence-corrected chi connectivity index (χ3v) is 5.15. The highest BCUT2D eigenvalue weighted by atomic mass is 16.3. The Balaban J connectivity index is 1.42. The number of benzene rings is 2. The summed E-state index contributed by atoms with van der Waals surface area (Å²) in [6, 6.07) is 15.7. The fourth-order valence-electron chi connectivity index (χ4n) is 3.57. The van der Waals surface area contributed by atoms with Crippen LogP contribution in [0.25, 0.3) is 0 Å². The number of hydrogen-bond acceptors (Lipinski definition) is 4. The fourth-order valence-corrected chi connectivity index (χ4v) is 3.57. The summed E-state index contributed by atoms with van der Waals surface area (Å²) in [6.45, 7) is 8.11. The molecule has 0 radical (unpaired) electrons. The zero-order valence-corrected chi connectivity index (χ0v) is 16.2. The second kappa shape index (κ2) is 8.91. The van der Waals surface area contributed by atoms with Crippen molar-refractivity contribution in [1.82, 2.24) is 10.2 Å². The zero-order chi connectivity index (χ0) is 19.2. The van der Waals surface area contributed by atoms with Gasteiger partial charge in [0.05, 0.1) is 6.54 Å². The van der Waals surface area contributed by atoms with Gasteiger partial charge in [-0.15, -0.1) is 0 Å². The Kier molecular flexibility index (Phi) is 6.35. The maximum Gasteiger partial charge on any atom is 0.234 e. The van der Waals surface area contributed by atoms with Crippen LogP contribution in [0.3, 0.4) is 0 Å². The average Bonchev–Trinajstić information content (AvgIpc) is 2.65. The fraction of sp³-hybridized carbons (Fsp3) is 0.409. The first-order valence-electron chi connectivity index (χ1n) is 9.61. The SMILES string of the molecule is Cc1ccccc1CC(C)NC(=O)CN1CCN(c2ccc(O)cc2)CC1. The molecule has 5 nitrogen and oxygen atoms in total. The van der Waals surface area contributed by atoms with Gasteiger partial charge in [-0.3, -0.25) is 9.69 Å². The summed E-state index contributed by atoms with van der Waals surface area (Å²) >= 11 is 0. The molecule has 1 atom stereocenters. The first-order chi connectivity index (χ1) is 13.0. The quantitative estimate of drug-likeness (QED) is 0.824. The van der Waals surface area contributed by atoms with Crippen molar-refractivity contribution in [1.29, 1.82) is 0 Å². The molecule has 1 fully saturated rings. The molecule has 1 aliphatic rings. The summed E-state index contributed by atoms with van der Waals surface area (Å²) in [4.78, 5) is 16.9. The van der Waals surface area contributed by atoms with Crippen LogP contribution < -0.4 is 10.2 Å². The number of nitrogens with one attached hydrogen (secondary N) is 1. The van der Waals surface area contributed by atoms with Crippen LogP contribution >= 0.6 is 0 Å². The summed E-state index contributed by atoms with van der Waals surface area (Å²) in [6.07, 6.45) is 0.854. The molecule has 2 N–H and O–H groups in total. The zero-order valence-electron chi connectivity index (χ0n) is 16.2. The molecule has 0 spiro atoms. The normalized spacial score (nSPS) is 16.1. The van der Waals surface area contributed by atoms with Crippen molar-refractivity contribution >= 4 is 11.6 Å². The van der Waals surface area contributed by atoms with E-state index in [-0.39, 0.29) is 17.7 Å². The summed E-state index contributed by atoms with van der Waals surface area (Å²) in [7, 11) is 0. The largest absolute Gasteiger partial charge is 0.508 e. The molecule has 1 saturated heterocycles. The summed E-state index contributed by atoms with van der Waals surface area (Å²) < 4.78 is 0. The number of carbonyl (C=O) groups is 1. The molecular weight excluding hydrogens is 338 g/mol. The van der Waals surface area contributed by atoms with Crippen LogP contribution in [-0.2, 0) is 11.2 Å². The molecule has 0 bridgehead atoms. The molecule has 1 heterocycles. The highest BCUT2D eigenvalue weighted by Gasteiger charge is 2.20. The van der Waals surface area contributed by atoms with Crippen molar-refractivity contribution < 1.29 is 9.90 Å². The van der Waals surface area contributed by atoms with Gasteiger partial charge in [0.2, 0.25) is 5.91 Å². The van der Waals surface area contributed by atoms with Gasteiger partial charge in [-0.25, -0.2) is 0 Å². The minimum absolute atomic E-state index is 0.0918. The maximum atomic E-state index is 12.4. The Morgan fingerprint density at radius 2 is 1.74 bits per heavy atom. The summed E-state index contributed by atoms with van der Waals surface area (Å²) in [5.74, 6) is 0.378. The van der Waals surface area contributed by atoms with E-state index in [1.807, 2.05) is 24.3 Å². The number of aromatic hydroxyl groups is 1. The molecular formula is C22H29N3O2. The van der Waals surface area contributed by atoms with Crippen molar-refractivity contribution in [3.8, 4) is 5.75 Å². The summed E-state index contributed by atoms with van der Waals surface area (Å²) in [5, 5.41) is 12.5. The number of aryl methyl sites for hydroxylation is 1. The topological polar surface area (TPSA) is 55.8 Å². The maximum absolute atomic E-state index is 12.4. The number of phenolic OH excluding ortho intramolecular Hbond substituents is 1. The molecule has 1 aliphatic heterocycles. The predicted molar refractivity (Wildman–Crippen MR) is 109 cm³/mol. The third kappa shape index (κ3) is 5.47. The molecule has 0 saturated carbocycles. The van der Waals surface area contributed by atoms with Crippen molar-refractivity contribution in [3.05, 3.63) is 59.7 Å². The predicted octanol–water partition coefficient (Wildman–Crippen LogP) is 2.57. The van der Waals surface area contributed by atoms with Gasteiger partial charge in [-0.1, -0.05) is 24.3 Å². The monoisotopic (exact) mass is 367 g/mol. The number of hydrogen-bond donors (Lipinski definition) is 2. The first kappa shape index (κ1) is 19.2. The lowest BCUT2D eigenvalue weighted by atomic mass is 10.0. The lowest BCUT2D eigenvalue weighted by Crippen LogP contribution is -2.50.